The fourth-order valence-electron chi connectivity index (χ4n) is 1.57. The van der Waals surface area contributed by atoms with Gasteiger partial charge in [-0.25, -0.2) is 13.4 Å². The van der Waals surface area contributed by atoms with Crippen LogP contribution in [0.2, 0.25) is 5.15 Å². The summed E-state index contributed by atoms with van der Waals surface area (Å²) < 4.78 is 23.6. The highest BCUT2D eigenvalue weighted by atomic mass is 35.5. The summed E-state index contributed by atoms with van der Waals surface area (Å²) in [6.45, 7) is 0. The van der Waals surface area contributed by atoms with E-state index in [1.807, 2.05) is 0 Å². The van der Waals surface area contributed by atoms with Gasteiger partial charge in [0.2, 0.25) is 9.84 Å². The molecule has 18 heavy (non-hydrogen) atoms. The maximum absolute atomic E-state index is 11.8. The van der Waals surface area contributed by atoms with Crippen molar-refractivity contribution in [1.29, 1.82) is 0 Å². The van der Waals surface area contributed by atoms with E-state index in [1.54, 1.807) is 35.6 Å². The Morgan fingerprint density at radius 2 is 1.94 bits per heavy atom. The first kappa shape index (κ1) is 12.6. The van der Waals surface area contributed by atoms with Gasteiger partial charge in [-0.1, -0.05) is 29.8 Å². The van der Waals surface area contributed by atoms with Crippen LogP contribution in [0.25, 0.3) is 11.1 Å². The molecule has 1 aromatic heterocycles. The Hall–Kier alpha value is -1.83. The van der Waals surface area contributed by atoms with Crippen LogP contribution < -0.4 is 0 Å². The van der Waals surface area contributed by atoms with Crippen LogP contribution in [0.5, 0.6) is 0 Å². The number of rotatable bonds is 2. The molecule has 3 nitrogen and oxygen atoms in total. The maximum atomic E-state index is 11.8. The Bertz CT molecular complexity index is 733. The number of halogens is 1. The topological polar surface area (TPSA) is 47.0 Å². The zero-order chi connectivity index (χ0) is 13.2. The van der Waals surface area contributed by atoms with E-state index in [1.165, 1.54) is 12.3 Å². The first-order valence-electron chi connectivity index (χ1n) is 4.98. The smallest absolute Gasteiger partial charge is 0.245 e. The third-order valence-electron chi connectivity index (χ3n) is 2.37. The van der Waals surface area contributed by atoms with Gasteiger partial charge in [0.1, 0.15) is 5.15 Å². The SMILES string of the molecule is C#CS(=O)(=O)c1ccccc1-c1ccnc(Cl)c1. The summed E-state index contributed by atoms with van der Waals surface area (Å²) in [6.07, 6.45) is 6.55. The van der Waals surface area contributed by atoms with Gasteiger partial charge in [-0.05, 0) is 23.8 Å². The zero-order valence-electron chi connectivity index (χ0n) is 9.17. The van der Waals surface area contributed by atoms with Gasteiger partial charge in [-0.15, -0.1) is 6.42 Å². The van der Waals surface area contributed by atoms with E-state index >= 15 is 0 Å². The second kappa shape index (κ2) is 4.81. The molecule has 0 fully saturated rings. The first-order valence-corrected chi connectivity index (χ1v) is 6.84. The summed E-state index contributed by atoms with van der Waals surface area (Å²) >= 11 is 5.79. The molecule has 2 rings (SSSR count). The van der Waals surface area contributed by atoms with Crippen LogP contribution in [-0.2, 0) is 9.84 Å². The molecule has 90 valence electrons. The van der Waals surface area contributed by atoms with Crippen LogP contribution in [0.4, 0.5) is 0 Å². The minimum atomic E-state index is -3.73. The van der Waals surface area contributed by atoms with Crippen molar-refractivity contribution in [1.82, 2.24) is 4.98 Å². The Labute approximate surface area is 110 Å². The average Bonchev–Trinajstić information content (AvgIpc) is 2.39. The lowest BCUT2D eigenvalue weighted by Crippen LogP contribution is -1.99. The van der Waals surface area contributed by atoms with Crippen molar-refractivity contribution in [3.05, 3.63) is 47.7 Å². The van der Waals surface area contributed by atoms with Crippen molar-refractivity contribution >= 4 is 21.4 Å². The summed E-state index contributed by atoms with van der Waals surface area (Å²) in [5.41, 5.74) is 1.17. The molecule has 0 bridgehead atoms. The molecule has 0 N–H and O–H groups in total. The second-order valence-corrected chi connectivity index (χ2v) is 5.55. The summed E-state index contributed by atoms with van der Waals surface area (Å²) in [5, 5.41) is 2.10. The normalized spacial score (nSPS) is 10.9. The predicted molar refractivity (Wildman–Crippen MR) is 70.7 cm³/mol. The maximum Gasteiger partial charge on any atom is 0.245 e. The minimum Gasteiger partial charge on any atom is -0.245 e. The van der Waals surface area contributed by atoms with Crippen LogP contribution >= 0.6 is 11.6 Å². The lowest BCUT2D eigenvalue weighted by atomic mass is 10.1. The van der Waals surface area contributed by atoms with E-state index in [0.29, 0.717) is 16.3 Å². The lowest BCUT2D eigenvalue weighted by molar-refractivity contribution is 0.606. The molecular weight excluding hydrogens is 270 g/mol. The molecule has 0 radical (unpaired) electrons. The number of hydrogen-bond donors (Lipinski definition) is 0. The monoisotopic (exact) mass is 277 g/mol. The third-order valence-corrected chi connectivity index (χ3v) is 3.82. The van der Waals surface area contributed by atoms with E-state index in [0.717, 1.165) is 0 Å². The fourth-order valence-corrected chi connectivity index (χ4v) is 2.61. The second-order valence-electron chi connectivity index (χ2n) is 3.48. The van der Waals surface area contributed by atoms with Crippen molar-refractivity contribution < 1.29 is 8.42 Å². The molecule has 5 heteroatoms. The number of hydrogen-bond acceptors (Lipinski definition) is 3. The molecule has 0 amide bonds. The molecular formula is C13H8ClNO2S. The molecule has 0 spiro atoms. The Balaban J connectivity index is 2.71. The van der Waals surface area contributed by atoms with E-state index in [4.69, 9.17) is 18.0 Å². The van der Waals surface area contributed by atoms with Crippen molar-refractivity contribution in [2.75, 3.05) is 0 Å². The van der Waals surface area contributed by atoms with Crippen LogP contribution in [0.3, 0.4) is 0 Å². The molecule has 0 aliphatic rings. The number of sulfone groups is 1. The summed E-state index contributed by atoms with van der Waals surface area (Å²) in [6, 6.07) is 9.77. The van der Waals surface area contributed by atoms with E-state index in [2.05, 4.69) is 4.98 Å². The highest BCUT2D eigenvalue weighted by Gasteiger charge is 2.16. The van der Waals surface area contributed by atoms with E-state index in [-0.39, 0.29) is 4.90 Å². The van der Waals surface area contributed by atoms with Crippen LogP contribution in [0.15, 0.2) is 47.5 Å². The largest absolute Gasteiger partial charge is 0.245 e. The Morgan fingerprint density at radius 3 is 2.61 bits per heavy atom. The molecule has 0 aliphatic carbocycles. The Morgan fingerprint density at radius 1 is 1.22 bits per heavy atom. The number of terminal acetylenes is 1. The first-order chi connectivity index (χ1) is 8.54. The van der Waals surface area contributed by atoms with Gasteiger partial charge in [0.05, 0.1) is 4.90 Å². The van der Waals surface area contributed by atoms with E-state index < -0.39 is 9.84 Å². The third kappa shape index (κ3) is 2.37. The lowest BCUT2D eigenvalue weighted by Gasteiger charge is -2.07. The molecule has 0 unspecified atom stereocenters. The van der Waals surface area contributed by atoms with Crippen molar-refractivity contribution in [2.24, 2.45) is 0 Å². The fraction of sp³-hybridized carbons (Fsp3) is 0. The van der Waals surface area contributed by atoms with Gasteiger partial charge in [-0.2, -0.15) is 0 Å². The number of benzene rings is 1. The molecule has 0 aliphatic heterocycles. The molecule has 1 heterocycles. The highest BCUT2D eigenvalue weighted by molar-refractivity contribution is 7.96. The number of nitrogens with zero attached hydrogens (tertiary/aromatic N) is 1. The van der Waals surface area contributed by atoms with Gasteiger partial charge in [0, 0.05) is 17.0 Å². The molecule has 0 saturated carbocycles. The van der Waals surface area contributed by atoms with Crippen molar-refractivity contribution in [3.8, 4) is 22.8 Å². The van der Waals surface area contributed by atoms with Crippen LogP contribution in [0, 0.1) is 11.7 Å². The predicted octanol–water partition coefficient (Wildman–Crippen LogP) is 2.77. The van der Waals surface area contributed by atoms with Crippen molar-refractivity contribution in [2.45, 2.75) is 4.90 Å². The standard InChI is InChI=1S/C13H8ClNO2S/c1-2-18(16,17)12-6-4-3-5-11(12)10-7-8-15-13(14)9-10/h1,3-9H. The highest BCUT2D eigenvalue weighted by Crippen LogP contribution is 2.28. The van der Waals surface area contributed by atoms with Gasteiger partial charge in [0.25, 0.3) is 0 Å². The van der Waals surface area contributed by atoms with Crippen LogP contribution in [0.1, 0.15) is 0 Å². The molecule has 2 aromatic rings. The van der Waals surface area contributed by atoms with Gasteiger partial charge in [0.15, 0.2) is 0 Å². The van der Waals surface area contributed by atoms with Gasteiger partial charge in [-0.3, -0.25) is 0 Å². The van der Waals surface area contributed by atoms with E-state index in [9.17, 15) is 8.42 Å². The molecule has 0 atom stereocenters. The summed E-state index contributed by atoms with van der Waals surface area (Å²) in [7, 11) is -3.73. The quantitative estimate of drug-likeness (QED) is 0.482. The zero-order valence-corrected chi connectivity index (χ0v) is 10.7. The van der Waals surface area contributed by atoms with Gasteiger partial charge < -0.3 is 0 Å². The Kier molecular flexibility index (Phi) is 3.37. The summed E-state index contributed by atoms with van der Waals surface area (Å²) in [5.74, 6) is 0. The average molecular weight is 278 g/mol. The van der Waals surface area contributed by atoms with Crippen LogP contribution in [-0.4, -0.2) is 13.4 Å². The molecule has 0 saturated heterocycles. The number of aromatic nitrogens is 1. The van der Waals surface area contributed by atoms with Crippen molar-refractivity contribution in [3.63, 3.8) is 0 Å². The number of pyridine rings is 1. The minimum absolute atomic E-state index is 0.0924. The summed E-state index contributed by atoms with van der Waals surface area (Å²) in [4.78, 5) is 3.95. The molecule has 1 aromatic carbocycles. The van der Waals surface area contributed by atoms with Gasteiger partial charge >= 0.3 is 0 Å².